The predicted molar refractivity (Wildman–Crippen MR) is 142 cm³/mol. The largest absolute Gasteiger partial charge is 0.416 e. The summed E-state index contributed by atoms with van der Waals surface area (Å²) in [4.78, 5) is 30.0. The number of hydrogen-bond acceptors (Lipinski definition) is 6. The Kier molecular flexibility index (Phi) is 7.86. The molecule has 1 N–H and O–H groups in total. The van der Waals surface area contributed by atoms with Gasteiger partial charge in [-0.05, 0) is 62.6 Å². The third-order valence-electron chi connectivity index (χ3n) is 5.58. The maximum atomic E-state index is 13.8. The number of anilines is 1. The topological polar surface area (TPSA) is 93.0 Å². The van der Waals surface area contributed by atoms with Crippen LogP contribution < -0.4 is 10.2 Å². The van der Waals surface area contributed by atoms with Gasteiger partial charge in [0, 0.05) is 21.7 Å². The SMILES string of the molecule is Cc1ccc(-c2nnn(CC(=O)N(c3cccc(C(F)(F)F)c3)[C@@H](C(=O)NC(C)(C)C)c3cccs3)n2)cc1. The van der Waals surface area contributed by atoms with Crippen LogP contribution in [0.5, 0.6) is 0 Å². The molecule has 0 aliphatic carbocycles. The van der Waals surface area contributed by atoms with Crippen LogP contribution in [0.1, 0.15) is 42.8 Å². The normalized spacial score (nSPS) is 12.7. The summed E-state index contributed by atoms with van der Waals surface area (Å²) >= 11 is 1.22. The summed E-state index contributed by atoms with van der Waals surface area (Å²) in [6.07, 6.45) is -4.65. The molecule has 2 aromatic heterocycles. The number of thiophene rings is 1. The molecule has 2 amide bonds. The van der Waals surface area contributed by atoms with Crippen LogP contribution in [-0.4, -0.2) is 37.6 Å². The molecule has 2 heterocycles. The number of nitrogens with one attached hydrogen (secondary N) is 1. The van der Waals surface area contributed by atoms with Gasteiger partial charge >= 0.3 is 6.18 Å². The van der Waals surface area contributed by atoms with E-state index in [0.717, 1.165) is 27.4 Å². The molecular formula is C27H27F3N6O2S. The third kappa shape index (κ3) is 6.88. The van der Waals surface area contributed by atoms with Gasteiger partial charge in [-0.25, -0.2) is 0 Å². The van der Waals surface area contributed by atoms with Gasteiger partial charge < -0.3 is 5.32 Å². The zero-order valence-corrected chi connectivity index (χ0v) is 22.5. The number of alkyl halides is 3. The van der Waals surface area contributed by atoms with Gasteiger partial charge in [-0.1, -0.05) is 42.0 Å². The number of nitrogens with zero attached hydrogens (tertiary/aromatic N) is 5. The van der Waals surface area contributed by atoms with Crippen molar-refractivity contribution in [1.82, 2.24) is 25.5 Å². The van der Waals surface area contributed by atoms with Crippen molar-refractivity contribution in [1.29, 1.82) is 0 Å². The Hall–Kier alpha value is -4.06. The van der Waals surface area contributed by atoms with E-state index < -0.39 is 41.7 Å². The first-order chi connectivity index (χ1) is 18.3. The zero-order valence-electron chi connectivity index (χ0n) is 21.7. The van der Waals surface area contributed by atoms with Gasteiger partial charge in [0.2, 0.25) is 11.7 Å². The van der Waals surface area contributed by atoms with E-state index in [-0.39, 0.29) is 11.5 Å². The van der Waals surface area contributed by atoms with Gasteiger partial charge in [-0.15, -0.1) is 21.5 Å². The number of carbonyl (C=O) groups is 2. The second kappa shape index (κ2) is 11.0. The molecule has 4 aromatic rings. The van der Waals surface area contributed by atoms with Crippen LogP contribution in [0.3, 0.4) is 0 Å². The highest BCUT2D eigenvalue weighted by molar-refractivity contribution is 7.10. The number of aromatic nitrogens is 4. The minimum absolute atomic E-state index is 0.0869. The van der Waals surface area contributed by atoms with Gasteiger partial charge in [-0.2, -0.15) is 18.0 Å². The molecule has 0 unspecified atom stereocenters. The van der Waals surface area contributed by atoms with Gasteiger partial charge in [0.1, 0.15) is 12.6 Å². The van der Waals surface area contributed by atoms with Gasteiger partial charge in [0.15, 0.2) is 0 Å². The average molecular weight is 557 g/mol. The molecular weight excluding hydrogens is 529 g/mol. The zero-order chi connectivity index (χ0) is 28.4. The van der Waals surface area contributed by atoms with Crippen LogP contribution >= 0.6 is 11.3 Å². The number of benzene rings is 2. The first-order valence-corrected chi connectivity index (χ1v) is 12.9. The van der Waals surface area contributed by atoms with Crippen LogP contribution in [0.2, 0.25) is 0 Å². The van der Waals surface area contributed by atoms with Gasteiger partial charge in [-0.3, -0.25) is 14.5 Å². The predicted octanol–water partition coefficient (Wildman–Crippen LogP) is 5.42. The Bertz CT molecular complexity index is 1440. The van der Waals surface area contributed by atoms with E-state index in [9.17, 15) is 22.8 Å². The first kappa shape index (κ1) is 28.0. The first-order valence-electron chi connectivity index (χ1n) is 12.0. The van der Waals surface area contributed by atoms with Gasteiger partial charge in [0.05, 0.1) is 5.56 Å². The Labute approximate surface area is 227 Å². The van der Waals surface area contributed by atoms with Crippen molar-refractivity contribution in [3.05, 3.63) is 82.0 Å². The van der Waals surface area contributed by atoms with Crippen LogP contribution in [0.15, 0.2) is 66.0 Å². The fraction of sp³-hybridized carbons (Fsp3) is 0.296. The molecule has 0 aliphatic rings. The number of aryl methyl sites for hydroxylation is 1. The lowest BCUT2D eigenvalue weighted by atomic mass is 10.1. The monoisotopic (exact) mass is 556 g/mol. The van der Waals surface area contributed by atoms with E-state index in [1.54, 1.807) is 38.3 Å². The van der Waals surface area contributed by atoms with E-state index in [2.05, 4.69) is 20.7 Å². The van der Waals surface area contributed by atoms with E-state index in [1.807, 2.05) is 31.2 Å². The highest BCUT2D eigenvalue weighted by Crippen LogP contribution is 2.36. The highest BCUT2D eigenvalue weighted by Gasteiger charge is 2.37. The second-order valence-electron chi connectivity index (χ2n) is 9.98. The van der Waals surface area contributed by atoms with E-state index in [4.69, 9.17) is 0 Å². The fourth-order valence-corrected chi connectivity index (χ4v) is 4.67. The molecule has 0 radical (unpaired) electrons. The van der Waals surface area contributed by atoms with Crippen molar-refractivity contribution < 1.29 is 22.8 Å². The Morgan fingerprint density at radius 2 is 1.77 bits per heavy atom. The smallest absolute Gasteiger partial charge is 0.349 e. The summed E-state index contributed by atoms with van der Waals surface area (Å²) < 4.78 is 40.8. The Morgan fingerprint density at radius 3 is 2.38 bits per heavy atom. The summed E-state index contributed by atoms with van der Waals surface area (Å²) in [5.74, 6) is -0.944. The van der Waals surface area contributed by atoms with Gasteiger partial charge in [0.25, 0.3) is 5.91 Å². The molecule has 0 fully saturated rings. The minimum Gasteiger partial charge on any atom is -0.349 e. The molecule has 0 spiro atoms. The van der Waals surface area contributed by atoms with Crippen molar-refractivity contribution in [3.63, 3.8) is 0 Å². The average Bonchev–Trinajstić information content (AvgIpc) is 3.54. The highest BCUT2D eigenvalue weighted by atomic mass is 32.1. The van der Waals surface area contributed by atoms with Crippen molar-refractivity contribution in [2.75, 3.05) is 4.90 Å². The number of amides is 2. The molecule has 0 saturated heterocycles. The number of hydrogen-bond donors (Lipinski definition) is 1. The van der Waals surface area contributed by atoms with Crippen LogP contribution in [0, 0.1) is 6.92 Å². The van der Waals surface area contributed by atoms with E-state index in [0.29, 0.717) is 10.4 Å². The number of tetrazole rings is 1. The summed E-state index contributed by atoms with van der Waals surface area (Å²) in [6.45, 7) is 6.81. The molecule has 39 heavy (non-hydrogen) atoms. The summed E-state index contributed by atoms with van der Waals surface area (Å²) in [7, 11) is 0. The molecule has 12 heteroatoms. The number of halogens is 3. The molecule has 204 valence electrons. The number of carbonyl (C=O) groups excluding carboxylic acids is 2. The lowest BCUT2D eigenvalue weighted by molar-refractivity contribution is -0.137. The van der Waals surface area contributed by atoms with E-state index >= 15 is 0 Å². The summed E-state index contributed by atoms with van der Waals surface area (Å²) in [6, 6.07) is 13.9. The standard InChI is InChI=1S/C27H27F3N6O2S/c1-17-10-12-18(13-11-17)24-32-34-35(33-24)16-22(37)36(20-8-5-7-19(15-20)27(28,29)30)23(21-9-6-14-39-21)25(38)31-26(2,3)4/h5-15,23H,16H2,1-4H3,(H,31,38)/t23-/m1/s1. The number of rotatable bonds is 7. The minimum atomic E-state index is -4.65. The fourth-order valence-electron chi connectivity index (χ4n) is 3.85. The van der Waals surface area contributed by atoms with Crippen molar-refractivity contribution in [2.45, 2.75) is 52.0 Å². The quantitative estimate of drug-likeness (QED) is 0.328. The summed E-state index contributed by atoms with van der Waals surface area (Å²) in [5.41, 5.74) is 0.0443. The maximum Gasteiger partial charge on any atom is 0.416 e. The van der Waals surface area contributed by atoms with Crippen molar-refractivity contribution in [2.24, 2.45) is 0 Å². The van der Waals surface area contributed by atoms with Crippen LogP contribution in [0.4, 0.5) is 18.9 Å². The van der Waals surface area contributed by atoms with Crippen LogP contribution in [-0.2, 0) is 22.3 Å². The van der Waals surface area contributed by atoms with Crippen LogP contribution in [0.25, 0.3) is 11.4 Å². The summed E-state index contributed by atoms with van der Waals surface area (Å²) in [5, 5.41) is 16.8. The third-order valence-corrected chi connectivity index (χ3v) is 6.50. The molecule has 1 atom stereocenters. The lowest BCUT2D eigenvalue weighted by Crippen LogP contribution is -2.50. The molecule has 0 bridgehead atoms. The Morgan fingerprint density at radius 1 is 1.05 bits per heavy atom. The second-order valence-corrected chi connectivity index (χ2v) is 11.0. The molecule has 0 aliphatic heterocycles. The molecule has 4 rings (SSSR count). The maximum absolute atomic E-state index is 13.8. The van der Waals surface area contributed by atoms with Crippen molar-refractivity contribution in [3.8, 4) is 11.4 Å². The molecule has 2 aromatic carbocycles. The Balaban J connectivity index is 1.75. The molecule has 0 saturated carbocycles. The lowest BCUT2D eigenvalue weighted by Gasteiger charge is -2.33. The van der Waals surface area contributed by atoms with Crippen molar-refractivity contribution >= 4 is 28.8 Å². The molecule has 8 nitrogen and oxygen atoms in total. The van der Waals surface area contributed by atoms with E-state index in [1.165, 1.54) is 23.5 Å².